The number of halogens is 6. The quantitative estimate of drug-likeness (QED) is 0.461. The lowest BCUT2D eigenvalue weighted by Gasteiger charge is -2.39. The second-order valence-corrected chi connectivity index (χ2v) is 11.3. The minimum atomic E-state index is -5.69. The van der Waals surface area contributed by atoms with Gasteiger partial charge in [0.05, 0.1) is 0 Å². The number of hydrogen-bond acceptors (Lipinski definition) is 2. The molecule has 4 saturated carbocycles. The van der Waals surface area contributed by atoms with Crippen molar-refractivity contribution in [3.05, 3.63) is 0 Å². The lowest BCUT2D eigenvalue weighted by Crippen LogP contribution is -2.58. The molecule has 10 unspecified atom stereocenters. The van der Waals surface area contributed by atoms with Crippen LogP contribution in [0.15, 0.2) is 0 Å². The molecule has 0 amide bonds. The fourth-order valence-electron chi connectivity index (χ4n) is 7.69. The van der Waals surface area contributed by atoms with Crippen LogP contribution >= 0.6 is 0 Å². The third-order valence-corrected chi connectivity index (χ3v) is 10.1. The van der Waals surface area contributed by atoms with Gasteiger partial charge >= 0.3 is 12.4 Å². The SMILES string of the molecule is CC1C2CC(CC(O)(C(F)(F)F)C(F)(F)F)C(C2)C1C.CC1C2CC(CCO)C(C2)C1C. The van der Waals surface area contributed by atoms with Crippen molar-refractivity contribution in [1.82, 2.24) is 0 Å². The van der Waals surface area contributed by atoms with Gasteiger partial charge < -0.3 is 10.2 Å². The van der Waals surface area contributed by atoms with Crippen molar-refractivity contribution in [3.8, 4) is 0 Å². The molecule has 4 fully saturated rings. The molecule has 0 aromatic carbocycles. The largest absolute Gasteiger partial charge is 0.426 e. The molecule has 0 heterocycles. The Labute approximate surface area is 187 Å². The van der Waals surface area contributed by atoms with Gasteiger partial charge in [0.25, 0.3) is 5.60 Å². The van der Waals surface area contributed by atoms with Crippen LogP contribution in [0.1, 0.15) is 66.2 Å². The summed E-state index contributed by atoms with van der Waals surface area (Å²) in [5, 5.41) is 18.2. The fraction of sp³-hybridized carbons (Fsp3) is 1.00. The van der Waals surface area contributed by atoms with E-state index in [1.165, 1.54) is 12.8 Å². The fourth-order valence-corrected chi connectivity index (χ4v) is 7.69. The van der Waals surface area contributed by atoms with E-state index in [-0.39, 0.29) is 17.8 Å². The van der Waals surface area contributed by atoms with Gasteiger partial charge in [-0.25, -0.2) is 0 Å². The smallest absolute Gasteiger partial charge is 0.396 e. The Balaban J connectivity index is 0.000000204. The van der Waals surface area contributed by atoms with Gasteiger partial charge in [-0.2, -0.15) is 26.3 Å². The zero-order valence-corrected chi connectivity index (χ0v) is 19.4. The number of alkyl halides is 6. The molecule has 0 saturated heterocycles. The molecule has 4 bridgehead atoms. The Morgan fingerprint density at radius 3 is 1.41 bits per heavy atom. The second kappa shape index (κ2) is 8.94. The van der Waals surface area contributed by atoms with Crippen LogP contribution in [0.4, 0.5) is 26.3 Å². The van der Waals surface area contributed by atoms with Gasteiger partial charge in [0.1, 0.15) is 0 Å². The molecule has 10 atom stereocenters. The van der Waals surface area contributed by atoms with E-state index in [0.29, 0.717) is 25.4 Å². The molecular weight excluding hydrogens is 434 g/mol. The summed E-state index contributed by atoms with van der Waals surface area (Å²) in [6.07, 6.45) is -7.71. The summed E-state index contributed by atoms with van der Waals surface area (Å²) in [7, 11) is 0. The lowest BCUT2D eigenvalue weighted by atomic mass is 9.72. The Morgan fingerprint density at radius 2 is 1.06 bits per heavy atom. The van der Waals surface area contributed by atoms with Gasteiger partial charge in [0.2, 0.25) is 0 Å². The number of aliphatic hydroxyl groups is 2. The van der Waals surface area contributed by atoms with E-state index in [1.807, 2.05) is 13.8 Å². The van der Waals surface area contributed by atoms with E-state index in [0.717, 1.165) is 36.0 Å². The van der Waals surface area contributed by atoms with Crippen LogP contribution in [0, 0.1) is 59.2 Å². The number of fused-ring (bicyclic) bond motifs is 4. The predicted octanol–water partition coefficient (Wildman–Crippen LogP) is 6.46. The van der Waals surface area contributed by atoms with Gasteiger partial charge in [-0.1, -0.05) is 27.7 Å². The van der Waals surface area contributed by atoms with Gasteiger partial charge in [-0.3, -0.25) is 0 Å². The normalized spacial score (nSPS) is 43.5. The number of rotatable bonds is 4. The van der Waals surface area contributed by atoms with Crippen LogP contribution in [0.2, 0.25) is 0 Å². The summed E-state index contributed by atoms with van der Waals surface area (Å²) < 4.78 is 76.2. The van der Waals surface area contributed by atoms with E-state index in [1.54, 1.807) is 0 Å². The van der Waals surface area contributed by atoms with Gasteiger partial charge in [0.15, 0.2) is 0 Å². The zero-order chi connectivity index (χ0) is 24.2. The number of hydrogen-bond donors (Lipinski definition) is 2. The van der Waals surface area contributed by atoms with Crippen LogP contribution < -0.4 is 0 Å². The molecular formula is C24H38F6O2. The molecule has 0 aromatic heterocycles. The first kappa shape index (κ1) is 26.1. The van der Waals surface area contributed by atoms with Crippen LogP contribution in [-0.4, -0.2) is 34.8 Å². The van der Waals surface area contributed by atoms with Gasteiger partial charge in [-0.05, 0) is 97.7 Å². The highest BCUT2D eigenvalue weighted by Gasteiger charge is 2.71. The van der Waals surface area contributed by atoms with Crippen LogP contribution in [-0.2, 0) is 0 Å². The van der Waals surface area contributed by atoms with Crippen molar-refractivity contribution in [2.45, 2.75) is 84.2 Å². The van der Waals surface area contributed by atoms with Gasteiger partial charge in [-0.15, -0.1) is 0 Å². The maximum atomic E-state index is 12.7. The third kappa shape index (κ3) is 4.44. The minimum Gasteiger partial charge on any atom is -0.396 e. The zero-order valence-electron chi connectivity index (χ0n) is 19.4. The average molecular weight is 473 g/mol. The Hall–Kier alpha value is -0.500. The van der Waals surface area contributed by atoms with Crippen molar-refractivity contribution in [2.75, 3.05) is 6.61 Å². The van der Waals surface area contributed by atoms with Gasteiger partial charge in [0, 0.05) is 6.61 Å². The molecule has 4 aliphatic rings. The highest BCUT2D eigenvalue weighted by molar-refractivity contribution is 5.03. The molecule has 4 aliphatic carbocycles. The van der Waals surface area contributed by atoms with Crippen LogP contribution in [0.3, 0.4) is 0 Å². The van der Waals surface area contributed by atoms with Crippen LogP contribution in [0.25, 0.3) is 0 Å². The van der Waals surface area contributed by atoms with E-state index in [4.69, 9.17) is 5.11 Å². The molecule has 0 spiro atoms. The highest BCUT2D eigenvalue weighted by atomic mass is 19.4. The van der Waals surface area contributed by atoms with Crippen molar-refractivity contribution in [2.24, 2.45) is 59.2 Å². The second-order valence-electron chi connectivity index (χ2n) is 11.3. The molecule has 0 aromatic rings. The first-order valence-corrected chi connectivity index (χ1v) is 12.1. The highest BCUT2D eigenvalue weighted by Crippen LogP contribution is 2.59. The lowest BCUT2D eigenvalue weighted by molar-refractivity contribution is -0.373. The molecule has 188 valence electrons. The van der Waals surface area contributed by atoms with E-state index in [9.17, 15) is 31.4 Å². The van der Waals surface area contributed by atoms with E-state index >= 15 is 0 Å². The standard InChI is InChI=1S/C13H18F6O.C11H20O/c1-6-7(2)10-4-8(6)3-9(10)5-11(20,12(14,15)16)13(17,18)19;1-7-8(2)11-6-10(7)5-9(11)3-4-12/h6-10,20H,3-5H2,1-2H3;7-12H,3-6H2,1-2H3. The summed E-state index contributed by atoms with van der Waals surface area (Å²) in [6.45, 7) is 9.07. The van der Waals surface area contributed by atoms with Crippen molar-refractivity contribution in [3.63, 3.8) is 0 Å². The van der Waals surface area contributed by atoms with Crippen LogP contribution in [0.5, 0.6) is 0 Å². The topological polar surface area (TPSA) is 40.5 Å². The van der Waals surface area contributed by atoms with Crippen molar-refractivity contribution >= 4 is 0 Å². The maximum absolute atomic E-state index is 12.7. The summed E-state index contributed by atoms with van der Waals surface area (Å²) >= 11 is 0. The Morgan fingerprint density at radius 1 is 0.656 bits per heavy atom. The molecule has 8 heteroatoms. The minimum absolute atomic E-state index is 0.115. The molecule has 32 heavy (non-hydrogen) atoms. The first-order valence-electron chi connectivity index (χ1n) is 12.1. The molecule has 2 nitrogen and oxygen atoms in total. The summed E-state index contributed by atoms with van der Waals surface area (Å²) in [4.78, 5) is 0. The summed E-state index contributed by atoms with van der Waals surface area (Å²) in [5.41, 5.74) is -4.59. The molecule has 4 rings (SSSR count). The average Bonchev–Trinajstić information content (AvgIpc) is 3.39. The third-order valence-electron chi connectivity index (χ3n) is 10.1. The van der Waals surface area contributed by atoms with E-state index in [2.05, 4.69) is 13.8 Å². The maximum Gasteiger partial charge on any atom is 0.426 e. The first-order chi connectivity index (χ1) is 14.6. The van der Waals surface area contributed by atoms with Crippen molar-refractivity contribution in [1.29, 1.82) is 0 Å². The molecule has 0 aliphatic heterocycles. The monoisotopic (exact) mass is 472 g/mol. The summed E-state index contributed by atoms with van der Waals surface area (Å²) in [5.74, 6) is 4.43. The Kier molecular flexibility index (Phi) is 7.29. The number of aliphatic hydroxyl groups excluding tert-OH is 1. The molecule has 2 N–H and O–H groups in total. The summed E-state index contributed by atoms with van der Waals surface area (Å²) in [6, 6.07) is 0. The van der Waals surface area contributed by atoms with Crippen molar-refractivity contribution < 1.29 is 36.6 Å². The van der Waals surface area contributed by atoms with E-state index < -0.39 is 30.3 Å². The molecule has 0 radical (unpaired) electrons. The predicted molar refractivity (Wildman–Crippen MR) is 109 cm³/mol. The Bertz CT molecular complexity index is 629.